The first-order chi connectivity index (χ1) is 10.6. The Labute approximate surface area is 137 Å². The Morgan fingerprint density at radius 3 is 1.41 bits per heavy atom. The van der Waals surface area contributed by atoms with E-state index in [1.54, 1.807) is 17.7 Å². The van der Waals surface area contributed by atoms with Crippen LogP contribution in [0.4, 0.5) is 0 Å². The molecule has 1 aromatic carbocycles. The van der Waals surface area contributed by atoms with Crippen molar-refractivity contribution in [3.63, 3.8) is 0 Å². The molecular formula is C20H35NO. The van der Waals surface area contributed by atoms with Crippen molar-refractivity contribution in [2.24, 2.45) is 7.05 Å². The lowest BCUT2D eigenvalue weighted by molar-refractivity contribution is 0.852. The fraction of sp³-hybridized carbons (Fsp3) is 0.450. The van der Waals surface area contributed by atoms with Gasteiger partial charge in [-0.3, -0.25) is 4.79 Å². The van der Waals surface area contributed by atoms with E-state index < -0.39 is 0 Å². The van der Waals surface area contributed by atoms with Crippen molar-refractivity contribution < 1.29 is 0 Å². The van der Waals surface area contributed by atoms with Crippen molar-refractivity contribution in [2.45, 2.75) is 55.4 Å². The molecule has 2 rings (SSSR count). The zero-order chi connectivity index (χ0) is 18.0. The lowest BCUT2D eigenvalue weighted by atomic mass is 10.2. The molecule has 0 amide bonds. The molecule has 2 heteroatoms. The Kier molecular flexibility index (Phi) is 21.9. The fourth-order valence-corrected chi connectivity index (χ4v) is 1.27. The van der Waals surface area contributed by atoms with Gasteiger partial charge in [0.25, 0.3) is 0 Å². The molecule has 126 valence electrons. The molecule has 0 aliphatic carbocycles. The molecule has 2 aromatic rings. The van der Waals surface area contributed by atoms with Crippen LogP contribution < -0.4 is 5.56 Å². The average molecular weight is 306 g/mol. The smallest absolute Gasteiger partial charge is 0.250 e. The van der Waals surface area contributed by atoms with E-state index in [4.69, 9.17) is 0 Å². The summed E-state index contributed by atoms with van der Waals surface area (Å²) in [7, 11) is 1.75. The summed E-state index contributed by atoms with van der Waals surface area (Å²) in [6.07, 6.45) is 1.81. The van der Waals surface area contributed by atoms with Gasteiger partial charge in [-0.25, -0.2) is 0 Å². The van der Waals surface area contributed by atoms with Crippen LogP contribution in [0.2, 0.25) is 0 Å². The van der Waals surface area contributed by atoms with Crippen LogP contribution in [0.3, 0.4) is 0 Å². The zero-order valence-electron chi connectivity index (χ0n) is 16.0. The highest BCUT2D eigenvalue weighted by Gasteiger charge is 1.86. The van der Waals surface area contributed by atoms with Gasteiger partial charge in [0.2, 0.25) is 5.56 Å². The first-order valence-electron chi connectivity index (χ1n) is 8.24. The van der Waals surface area contributed by atoms with Gasteiger partial charge >= 0.3 is 0 Å². The van der Waals surface area contributed by atoms with E-state index in [0.29, 0.717) is 0 Å². The van der Waals surface area contributed by atoms with Gasteiger partial charge in [-0.1, -0.05) is 83.5 Å². The molecule has 0 atom stereocenters. The van der Waals surface area contributed by atoms with Gasteiger partial charge in [-0.15, -0.1) is 0 Å². The molecule has 1 heterocycles. The Hall–Kier alpha value is -1.83. The van der Waals surface area contributed by atoms with Gasteiger partial charge in [-0.2, -0.15) is 0 Å². The maximum atomic E-state index is 10.7. The van der Waals surface area contributed by atoms with Crippen molar-refractivity contribution in [1.29, 1.82) is 0 Å². The van der Waals surface area contributed by atoms with E-state index in [1.807, 2.05) is 78.9 Å². The summed E-state index contributed by atoms with van der Waals surface area (Å²) in [4.78, 5) is 10.7. The predicted octanol–water partition coefficient (Wildman–Crippen LogP) is 5.77. The minimum atomic E-state index is 0.0422. The zero-order valence-corrected chi connectivity index (χ0v) is 16.0. The Morgan fingerprint density at radius 2 is 1.14 bits per heavy atom. The predicted molar refractivity (Wildman–Crippen MR) is 102 cm³/mol. The minimum absolute atomic E-state index is 0.0422. The molecular weight excluding hydrogens is 270 g/mol. The Bertz CT molecular complexity index is 487. The van der Waals surface area contributed by atoms with E-state index in [-0.39, 0.29) is 5.56 Å². The Morgan fingerprint density at radius 1 is 0.682 bits per heavy atom. The molecule has 1 aromatic heterocycles. The highest BCUT2D eigenvalue weighted by atomic mass is 16.1. The molecule has 0 aliphatic rings. The number of nitrogens with zero attached hydrogens (tertiary/aromatic N) is 1. The molecule has 2 nitrogen and oxygen atoms in total. The molecule has 0 saturated carbocycles. The van der Waals surface area contributed by atoms with Crippen LogP contribution in [0.25, 0.3) is 0 Å². The van der Waals surface area contributed by atoms with E-state index >= 15 is 0 Å². The monoisotopic (exact) mass is 305 g/mol. The minimum Gasteiger partial charge on any atom is -0.318 e. The van der Waals surface area contributed by atoms with Gasteiger partial charge in [-0.05, 0) is 19.4 Å². The molecule has 0 radical (unpaired) electrons. The summed E-state index contributed by atoms with van der Waals surface area (Å²) < 4.78 is 1.56. The Balaban J connectivity index is -0.000000249. The highest BCUT2D eigenvalue weighted by molar-refractivity contribution is 5.11. The number of pyridine rings is 1. The molecule has 0 spiro atoms. The summed E-state index contributed by atoms with van der Waals surface area (Å²) in [5.74, 6) is 0. The van der Waals surface area contributed by atoms with Crippen molar-refractivity contribution in [1.82, 2.24) is 4.57 Å². The molecule has 0 aliphatic heterocycles. The van der Waals surface area contributed by atoms with Crippen LogP contribution in [0.15, 0.2) is 53.5 Å². The van der Waals surface area contributed by atoms with Gasteiger partial charge in [0.1, 0.15) is 0 Å². The van der Waals surface area contributed by atoms with E-state index in [2.05, 4.69) is 19.1 Å². The van der Waals surface area contributed by atoms with Crippen molar-refractivity contribution in [3.05, 3.63) is 70.1 Å². The maximum absolute atomic E-state index is 10.7. The average Bonchev–Trinajstić information content (AvgIpc) is 2.58. The van der Waals surface area contributed by atoms with Crippen LogP contribution >= 0.6 is 0 Å². The molecule has 0 unspecified atom stereocenters. The van der Waals surface area contributed by atoms with Gasteiger partial charge in [0, 0.05) is 19.3 Å². The van der Waals surface area contributed by atoms with E-state index in [0.717, 1.165) is 5.56 Å². The van der Waals surface area contributed by atoms with Crippen molar-refractivity contribution in [3.8, 4) is 0 Å². The third-order valence-electron chi connectivity index (χ3n) is 2.17. The summed E-state index contributed by atoms with van der Waals surface area (Å²) in [6.45, 7) is 16.0. The molecule has 0 fully saturated rings. The SMILES string of the molecule is CC.CC.CC.Cc1ccc(=O)n(C)c1.Cc1ccccc1. The van der Waals surface area contributed by atoms with Crippen LogP contribution in [0.5, 0.6) is 0 Å². The normalized spacial score (nSPS) is 7.50. The number of aryl methyl sites for hydroxylation is 3. The lowest BCUT2D eigenvalue weighted by Crippen LogP contribution is -2.13. The van der Waals surface area contributed by atoms with Crippen molar-refractivity contribution in [2.75, 3.05) is 0 Å². The standard InChI is InChI=1S/C7H9NO.C7H8.3C2H6/c1-6-3-4-7(9)8(2)5-6;1-7-5-3-2-4-6-7;3*1-2/h3-5H,1-2H3;2-6H,1H3;3*1-2H3. The van der Waals surface area contributed by atoms with Crippen LogP contribution in [0.1, 0.15) is 52.7 Å². The number of hydrogen-bond donors (Lipinski definition) is 0. The van der Waals surface area contributed by atoms with E-state index in [1.165, 1.54) is 5.56 Å². The quantitative estimate of drug-likeness (QED) is 0.606. The fourth-order valence-electron chi connectivity index (χ4n) is 1.27. The number of rotatable bonds is 0. The number of aromatic nitrogens is 1. The van der Waals surface area contributed by atoms with Crippen molar-refractivity contribution >= 4 is 0 Å². The first kappa shape index (κ1) is 25.1. The lowest BCUT2D eigenvalue weighted by Gasteiger charge is -1.94. The summed E-state index contributed by atoms with van der Waals surface area (Å²) in [5.41, 5.74) is 2.47. The molecule has 0 N–H and O–H groups in total. The van der Waals surface area contributed by atoms with Gasteiger partial charge in [0.15, 0.2) is 0 Å². The third-order valence-corrected chi connectivity index (χ3v) is 2.17. The first-order valence-corrected chi connectivity index (χ1v) is 8.24. The maximum Gasteiger partial charge on any atom is 0.250 e. The summed E-state index contributed by atoms with van der Waals surface area (Å²) in [5, 5.41) is 0. The van der Waals surface area contributed by atoms with Gasteiger partial charge in [0.05, 0.1) is 0 Å². The molecule has 0 bridgehead atoms. The number of benzene rings is 1. The topological polar surface area (TPSA) is 22.0 Å². The second kappa shape index (κ2) is 19.2. The van der Waals surface area contributed by atoms with Crippen LogP contribution in [0, 0.1) is 13.8 Å². The second-order valence-corrected chi connectivity index (χ2v) is 3.81. The second-order valence-electron chi connectivity index (χ2n) is 3.81. The summed E-state index contributed by atoms with van der Waals surface area (Å²) in [6, 6.07) is 13.6. The highest BCUT2D eigenvalue weighted by Crippen LogP contribution is 1.92. The number of hydrogen-bond acceptors (Lipinski definition) is 1. The third kappa shape index (κ3) is 14.6. The van der Waals surface area contributed by atoms with Gasteiger partial charge < -0.3 is 4.57 Å². The summed E-state index contributed by atoms with van der Waals surface area (Å²) >= 11 is 0. The van der Waals surface area contributed by atoms with Crippen LogP contribution in [-0.4, -0.2) is 4.57 Å². The van der Waals surface area contributed by atoms with E-state index in [9.17, 15) is 4.79 Å². The largest absolute Gasteiger partial charge is 0.318 e. The molecule has 22 heavy (non-hydrogen) atoms. The molecule has 0 saturated heterocycles. The van der Waals surface area contributed by atoms with Crippen LogP contribution in [-0.2, 0) is 7.05 Å².